The van der Waals surface area contributed by atoms with Crippen LogP contribution in [-0.2, 0) is 27.2 Å². The number of rotatable bonds is 4. The summed E-state index contributed by atoms with van der Waals surface area (Å²) in [7, 11) is 4.03. The third kappa shape index (κ3) is 3.08. The zero-order valence-electron chi connectivity index (χ0n) is 14.0. The van der Waals surface area contributed by atoms with E-state index in [4.69, 9.17) is 0 Å². The van der Waals surface area contributed by atoms with Crippen LogP contribution < -0.4 is 0 Å². The zero-order chi connectivity index (χ0) is 15.7. The van der Waals surface area contributed by atoms with Crippen molar-refractivity contribution in [1.82, 2.24) is 29.4 Å². The lowest BCUT2D eigenvalue weighted by Crippen LogP contribution is -2.56. The Morgan fingerprint density at radius 1 is 0.909 bits per heavy atom. The Bertz CT molecular complexity index is 604. The van der Waals surface area contributed by atoms with E-state index in [9.17, 15) is 0 Å². The highest BCUT2D eigenvalue weighted by Crippen LogP contribution is 2.20. The summed E-state index contributed by atoms with van der Waals surface area (Å²) >= 11 is 0. The second-order valence-corrected chi connectivity index (χ2v) is 6.46. The molecule has 22 heavy (non-hydrogen) atoms. The molecular formula is C16H26N6. The molecular weight excluding hydrogens is 276 g/mol. The molecule has 0 bridgehead atoms. The molecule has 2 aromatic heterocycles. The van der Waals surface area contributed by atoms with Crippen molar-refractivity contribution in [3.05, 3.63) is 35.9 Å². The molecule has 2 aromatic rings. The molecule has 1 saturated heterocycles. The Kier molecular flexibility index (Phi) is 4.31. The quantitative estimate of drug-likeness (QED) is 0.852. The van der Waals surface area contributed by atoms with Gasteiger partial charge in [-0.05, 0) is 26.0 Å². The lowest BCUT2D eigenvalue weighted by molar-refractivity contribution is 0.0264. The fourth-order valence-electron chi connectivity index (χ4n) is 3.44. The lowest BCUT2D eigenvalue weighted by atomic mass is 10.1. The van der Waals surface area contributed by atoms with Crippen molar-refractivity contribution >= 4 is 0 Å². The molecule has 0 amide bonds. The van der Waals surface area contributed by atoms with E-state index in [-0.39, 0.29) is 0 Å². The molecule has 6 heteroatoms. The summed E-state index contributed by atoms with van der Waals surface area (Å²) in [6.45, 7) is 8.77. The first-order valence-corrected chi connectivity index (χ1v) is 7.96. The largest absolute Gasteiger partial charge is 0.294 e. The van der Waals surface area contributed by atoms with Gasteiger partial charge in [0.25, 0.3) is 0 Å². The van der Waals surface area contributed by atoms with Crippen LogP contribution in [0.1, 0.15) is 25.2 Å². The molecule has 0 spiro atoms. The first-order chi connectivity index (χ1) is 10.5. The topological polar surface area (TPSA) is 42.1 Å². The van der Waals surface area contributed by atoms with E-state index < -0.39 is 0 Å². The highest BCUT2D eigenvalue weighted by atomic mass is 15.3. The number of hydrogen-bond acceptors (Lipinski definition) is 4. The third-order valence-corrected chi connectivity index (χ3v) is 4.75. The van der Waals surface area contributed by atoms with E-state index in [1.807, 2.05) is 35.9 Å². The van der Waals surface area contributed by atoms with Gasteiger partial charge in [-0.3, -0.25) is 19.2 Å². The standard InChI is InChI=1S/C16H26N6/c1-13-9-21(11-15-5-7-17-19(15)3)10-14(2)22(13)12-16-6-8-18-20(16)4/h5-8,13-14H,9-12H2,1-4H3/t13-,14+. The van der Waals surface area contributed by atoms with E-state index in [2.05, 4.69) is 46.0 Å². The van der Waals surface area contributed by atoms with Crippen LogP contribution in [0.25, 0.3) is 0 Å². The average molecular weight is 302 g/mol. The minimum atomic E-state index is 0.534. The van der Waals surface area contributed by atoms with E-state index in [0.717, 1.165) is 26.2 Å². The maximum absolute atomic E-state index is 4.28. The molecule has 1 fully saturated rings. The van der Waals surface area contributed by atoms with Crippen molar-refractivity contribution in [1.29, 1.82) is 0 Å². The lowest BCUT2D eigenvalue weighted by Gasteiger charge is -2.44. The second-order valence-electron chi connectivity index (χ2n) is 6.46. The van der Waals surface area contributed by atoms with Gasteiger partial charge in [-0.1, -0.05) is 0 Å². The Morgan fingerprint density at radius 2 is 1.41 bits per heavy atom. The minimum Gasteiger partial charge on any atom is -0.294 e. The van der Waals surface area contributed by atoms with Gasteiger partial charge in [0.15, 0.2) is 0 Å². The van der Waals surface area contributed by atoms with Crippen LogP contribution in [0.5, 0.6) is 0 Å². The van der Waals surface area contributed by atoms with Gasteiger partial charge in [0.1, 0.15) is 0 Å². The molecule has 0 aliphatic carbocycles. The molecule has 1 aliphatic heterocycles. The van der Waals surface area contributed by atoms with Gasteiger partial charge in [-0.25, -0.2) is 0 Å². The molecule has 0 radical (unpaired) electrons. The van der Waals surface area contributed by atoms with Gasteiger partial charge >= 0.3 is 0 Å². The third-order valence-electron chi connectivity index (χ3n) is 4.75. The molecule has 3 heterocycles. The first-order valence-electron chi connectivity index (χ1n) is 7.96. The van der Waals surface area contributed by atoms with Crippen LogP contribution >= 0.6 is 0 Å². The van der Waals surface area contributed by atoms with Crippen LogP contribution in [0, 0.1) is 0 Å². The monoisotopic (exact) mass is 302 g/mol. The molecule has 0 unspecified atom stereocenters. The van der Waals surface area contributed by atoms with Crippen molar-refractivity contribution in [2.75, 3.05) is 13.1 Å². The SMILES string of the molecule is C[C@@H]1CN(Cc2ccnn2C)C[C@H](C)N1Cc1ccnn1C. The first kappa shape index (κ1) is 15.2. The van der Waals surface area contributed by atoms with Crippen LogP contribution in [-0.4, -0.2) is 54.5 Å². The molecule has 3 rings (SSSR count). The Labute approximate surface area is 132 Å². The van der Waals surface area contributed by atoms with Crippen molar-refractivity contribution in [3.8, 4) is 0 Å². The number of aromatic nitrogens is 4. The van der Waals surface area contributed by atoms with Gasteiger partial charge in [-0.2, -0.15) is 10.2 Å². The maximum Gasteiger partial charge on any atom is 0.0521 e. The molecule has 6 nitrogen and oxygen atoms in total. The maximum atomic E-state index is 4.28. The van der Waals surface area contributed by atoms with E-state index in [1.54, 1.807) is 0 Å². The van der Waals surface area contributed by atoms with E-state index >= 15 is 0 Å². The van der Waals surface area contributed by atoms with Crippen LogP contribution in [0.15, 0.2) is 24.5 Å². The number of hydrogen-bond donors (Lipinski definition) is 0. The second kappa shape index (κ2) is 6.22. The highest BCUT2D eigenvalue weighted by Gasteiger charge is 2.30. The summed E-state index contributed by atoms with van der Waals surface area (Å²) in [5, 5.41) is 8.54. The van der Waals surface area contributed by atoms with Gasteiger partial charge < -0.3 is 0 Å². The highest BCUT2D eigenvalue weighted by molar-refractivity contribution is 5.03. The fourth-order valence-corrected chi connectivity index (χ4v) is 3.44. The molecule has 1 aliphatic rings. The van der Waals surface area contributed by atoms with E-state index in [0.29, 0.717) is 12.1 Å². The summed E-state index contributed by atoms with van der Waals surface area (Å²) in [4.78, 5) is 5.11. The summed E-state index contributed by atoms with van der Waals surface area (Å²) < 4.78 is 3.94. The van der Waals surface area contributed by atoms with Crippen LogP contribution in [0.2, 0.25) is 0 Å². The van der Waals surface area contributed by atoms with Gasteiger partial charge in [0.2, 0.25) is 0 Å². The number of piperazine rings is 1. The van der Waals surface area contributed by atoms with Crippen LogP contribution in [0.3, 0.4) is 0 Å². The number of aryl methyl sites for hydroxylation is 2. The molecule has 0 saturated carbocycles. The molecule has 0 aromatic carbocycles. The van der Waals surface area contributed by atoms with Crippen molar-refractivity contribution < 1.29 is 0 Å². The van der Waals surface area contributed by atoms with Crippen molar-refractivity contribution in [3.63, 3.8) is 0 Å². The predicted octanol–water partition coefficient (Wildman–Crippen LogP) is 1.25. The molecule has 2 atom stereocenters. The normalized spacial score (nSPS) is 24.0. The fraction of sp³-hybridized carbons (Fsp3) is 0.625. The summed E-state index contributed by atoms with van der Waals surface area (Å²) in [5.41, 5.74) is 2.55. The van der Waals surface area contributed by atoms with Crippen LogP contribution in [0.4, 0.5) is 0 Å². The Morgan fingerprint density at radius 3 is 1.86 bits per heavy atom. The summed E-state index contributed by atoms with van der Waals surface area (Å²) in [6, 6.07) is 5.29. The Balaban J connectivity index is 1.64. The minimum absolute atomic E-state index is 0.534. The smallest absolute Gasteiger partial charge is 0.0521 e. The summed E-state index contributed by atoms with van der Waals surface area (Å²) in [5.74, 6) is 0. The van der Waals surface area contributed by atoms with Gasteiger partial charge in [0.05, 0.1) is 11.4 Å². The van der Waals surface area contributed by atoms with Gasteiger partial charge in [0, 0.05) is 64.8 Å². The number of nitrogens with zero attached hydrogens (tertiary/aromatic N) is 6. The Hall–Kier alpha value is -1.66. The predicted molar refractivity (Wildman–Crippen MR) is 86.2 cm³/mol. The zero-order valence-corrected chi connectivity index (χ0v) is 14.0. The van der Waals surface area contributed by atoms with Crippen molar-refractivity contribution in [2.24, 2.45) is 14.1 Å². The van der Waals surface area contributed by atoms with E-state index in [1.165, 1.54) is 11.4 Å². The summed E-state index contributed by atoms with van der Waals surface area (Å²) in [6.07, 6.45) is 3.75. The van der Waals surface area contributed by atoms with Gasteiger partial charge in [-0.15, -0.1) is 0 Å². The molecule has 120 valence electrons. The van der Waals surface area contributed by atoms with Crippen molar-refractivity contribution in [2.45, 2.75) is 39.0 Å². The molecule has 0 N–H and O–H groups in total. The average Bonchev–Trinajstić information content (AvgIpc) is 3.04.